The Hall–Kier alpha value is -1.16. The first-order valence-corrected chi connectivity index (χ1v) is 5.89. The van der Waals surface area contributed by atoms with E-state index in [9.17, 15) is 4.79 Å². The summed E-state index contributed by atoms with van der Waals surface area (Å²) < 4.78 is 5.68. The van der Waals surface area contributed by atoms with E-state index >= 15 is 0 Å². The highest BCUT2D eigenvalue weighted by Crippen LogP contribution is 2.32. The molecule has 1 aliphatic heterocycles. The van der Waals surface area contributed by atoms with Crippen molar-refractivity contribution in [3.8, 4) is 0 Å². The highest BCUT2D eigenvalue weighted by atomic mass is 16.5. The van der Waals surface area contributed by atoms with Crippen molar-refractivity contribution in [1.82, 2.24) is 9.97 Å². The van der Waals surface area contributed by atoms with Crippen LogP contribution in [0.5, 0.6) is 0 Å². The van der Waals surface area contributed by atoms with Gasteiger partial charge in [0.05, 0.1) is 0 Å². The van der Waals surface area contributed by atoms with Gasteiger partial charge in [0.15, 0.2) is 0 Å². The first-order chi connectivity index (χ1) is 7.64. The van der Waals surface area contributed by atoms with Gasteiger partial charge in [0, 0.05) is 18.4 Å². The third-order valence-corrected chi connectivity index (χ3v) is 3.02. The standard InChI is InChI=1S/C12H18N2O2/c1-3-5-9-8-10(15)14-11(13-9)12(2)6-4-7-16-12/h8H,3-7H2,1-2H3,(H,13,14,15). The Balaban J connectivity index is 2.36. The number of hydrogen-bond donors (Lipinski definition) is 1. The lowest BCUT2D eigenvalue weighted by Crippen LogP contribution is -2.27. The van der Waals surface area contributed by atoms with Gasteiger partial charge in [0.25, 0.3) is 5.56 Å². The molecule has 1 saturated heterocycles. The molecule has 1 aromatic rings. The van der Waals surface area contributed by atoms with E-state index in [4.69, 9.17) is 4.74 Å². The lowest BCUT2D eigenvalue weighted by Gasteiger charge is -2.22. The van der Waals surface area contributed by atoms with E-state index in [0.717, 1.165) is 38.0 Å². The number of aryl methyl sites for hydroxylation is 1. The molecule has 0 bridgehead atoms. The maximum atomic E-state index is 11.5. The van der Waals surface area contributed by atoms with Gasteiger partial charge in [-0.3, -0.25) is 4.79 Å². The zero-order chi connectivity index (χ0) is 11.6. The van der Waals surface area contributed by atoms with Gasteiger partial charge in [-0.2, -0.15) is 0 Å². The van der Waals surface area contributed by atoms with Crippen molar-refractivity contribution in [2.24, 2.45) is 0 Å². The summed E-state index contributed by atoms with van der Waals surface area (Å²) in [7, 11) is 0. The number of aromatic nitrogens is 2. The van der Waals surface area contributed by atoms with Crippen LogP contribution in [0, 0.1) is 0 Å². The fourth-order valence-corrected chi connectivity index (χ4v) is 2.11. The molecular weight excluding hydrogens is 204 g/mol. The Morgan fingerprint density at radius 3 is 3.06 bits per heavy atom. The molecule has 1 unspecified atom stereocenters. The second kappa shape index (κ2) is 4.37. The Bertz CT molecular complexity index is 419. The first kappa shape index (κ1) is 11.3. The number of hydrogen-bond acceptors (Lipinski definition) is 3. The summed E-state index contributed by atoms with van der Waals surface area (Å²) in [5, 5.41) is 0. The van der Waals surface area contributed by atoms with Gasteiger partial charge in [0.1, 0.15) is 11.4 Å². The molecule has 0 radical (unpaired) electrons. The first-order valence-electron chi connectivity index (χ1n) is 5.89. The van der Waals surface area contributed by atoms with E-state index in [1.807, 2.05) is 6.92 Å². The van der Waals surface area contributed by atoms with Crippen LogP contribution in [0.3, 0.4) is 0 Å². The molecule has 16 heavy (non-hydrogen) atoms. The van der Waals surface area contributed by atoms with Gasteiger partial charge in [-0.25, -0.2) is 4.98 Å². The minimum Gasteiger partial charge on any atom is -0.367 e. The van der Waals surface area contributed by atoms with Crippen molar-refractivity contribution >= 4 is 0 Å². The average Bonchev–Trinajstić information content (AvgIpc) is 2.66. The molecule has 0 saturated carbocycles. The molecule has 2 heterocycles. The largest absolute Gasteiger partial charge is 0.367 e. The SMILES string of the molecule is CCCc1cc(=O)[nH]c(C2(C)CCCO2)n1. The molecule has 0 spiro atoms. The number of aromatic amines is 1. The van der Waals surface area contributed by atoms with Gasteiger partial charge in [-0.05, 0) is 26.2 Å². The molecule has 1 fully saturated rings. The van der Waals surface area contributed by atoms with Crippen LogP contribution in [0.15, 0.2) is 10.9 Å². The summed E-state index contributed by atoms with van der Waals surface area (Å²) in [5.41, 5.74) is 0.381. The smallest absolute Gasteiger partial charge is 0.251 e. The Morgan fingerprint density at radius 2 is 2.44 bits per heavy atom. The summed E-state index contributed by atoms with van der Waals surface area (Å²) in [6, 6.07) is 1.57. The predicted octanol–water partition coefficient (Wildman–Crippen LogP) is 1.75. The molecule has 1 atom stereocenters. The number of H-pyrrole nitrogens is 1. The molecule has 0 amide bonds. The van der Waals surface area contributed by atoms with Gasteiger partial charge in [-0.1, -0.05) is 13.3 Å². The van der Waals surface area contributed by atoms with Crippen molar-refractivity contribution in [2.75, 3.05) is 6.61 Å². The van der Waals surface area contributed by atoms with E-state index in [-0.39, 0.29) is 5.56 Å². The van der Waals surface area contributed by atoms with Crippen molar-refractivity contribution in [3.05, 3.63) is 27.9 Å². The van der Waals surface area contributed by atoms with Crippen LogP contribution in [0.2, 0.25) is 0 Å². The summed E-state index contributed by atoms with van der Waals surface area (Å²) in [5.74, 6) is 0.681. The van der Waals surface area contributed by atoms with Crippen molar-refractivity contribution in [2.45, 2.75) is 45.1 Å². The molecule has 0 aromatic carbocycles. The van der Waals surface area contributed by atoms with Gasteiger partial charge < -0.3 is 9.72 Å². The molecule has 1 aliphatic rings. The van der Waals surface area contributed by atoms with E-state index in [2.05, 4.69) is 16.9 Å². The normalized spacial score (nSPS) is 24.9. The van der Waals surface area contributed by atoms with Crippen LogP contribution in [-0.4, -0.2) is 16.6 Å². The second-order valence-electron chi connectivity index (χ2n) is 4.52. The van der Waals surface area contributed by atoms with Crippen LogP contribution in [0.1, 0.15) is 44.6 Å². The fourth-order valence-electron chi connectivity index (χ4n) is 2.11. The lowest BCUT2D eigenvalue weighted by molar-refractivity contribution is 0.00895. The molecule has 4 heteroatoms. The highest BCUT2D eigenvalue weighted by molar-refractivity contribution is 5.09. The number of nitrogens with one attached hydrogen (secondary N) is 1. The molecule has 0 aliphatic carbocycles. The Morgan fingerprint density at radius 1 is 1.62 bits per heavy atom. The summed E-state index contributed by atoms with van der Waals surface area (Å²) in [6.07, 6.45) is 3.78. The lowest BCUT2D eigenvalue weighted by atomic mass is 10.0. The molecule has 4 nitrogen and oxygen atoms in total. The van der Waals surface area contributed by atoms with Crippen molar-refractivity contribution < 1.29 is 4.74 Å². The minimum absolute atomic E-state index is 0.0785. The maximum Gasteiger partial charge on any atom is 0.251 e. The zero-order valence-electron chi connectivity index (χ0n) is 9.88. The van der Waals surface area contributed by atoms with E-state index in [0.29, 0.717) is 5.82 Å². The molecule has 2 rings (SSSR count). The van der Waals surface area contributed by atoms with Crippen LogP contribution >= 0.6 is 0 Å². The van der Waals surface area contributed by atoms with Gasteiger partial charge >= 0.3 is 0 Å². The molecule has 88 valence electrons. The summed E-state index contributed by atoms with van der Waals surface area (Å²) in [6.45, 7) is 4.82. The maximum absolute atomic E-state index is 11.5. The number of ether oxygens (including phenoxy) is 1. The third kappa shape index (κ3) is 2.16. The average molecular weight is 222 g/mol. The van der Waals surface area contributed by atoms with Crippen LogP contribution in [0.25, 0.3) is 0 Å². The summed E-state index contributed by atoms with van der Waals surface area (Å²) >= 11 is 0. The number of rotatable bonds is 3. The molecular formula is C12H18N2O2. The molecule has 1 N–H and O–H groups in total. The minimum atomic E-state index is -0.400. The van der Waals surface area contributed by atoms with Gasteiger partial charge in [0.2, 0.25) is 0 Å². The quantitative estimate of drug-likeness (QED) is 0.847. The van der Waals surface area contributed by atoms with Gasteiger partial charge in [-0.15, -0.1) is 0 Å². The van der Waals surface area contributed by atoms with Crippen LogP contribution < -0.4 is 5.56 Å². The summed E-state index contributed by atoms with van der Waals surface area (Å²) in [4.78, 5) is 18.8. The topological polar surface area (TPSA) is 55.0 Å². The Labute approximate surface area is 95.1 Å². The highest BCUT2D eigenvalue weighted by Gasteiger charge is 2.34. The second-order valence-corrected chi connectivity index (χ2v) is 4.52. The molecule has 1 aromatic heterocycles. The van der Waals surface area contributed by atoms with E-state index in [1.165, 1.54) is 0 Å². The van der Waals surface area contributed by atoms with Crippen molar-refractivity contribution in [1.29, 1.82) is 0 Å². The monoisotopic (exact) mass is 222 g/mol. The van der Waals surface area contributed by atoms with Crippen molar-refractivity contribution in [3.63, 3.8) is 0 Å². The van der Waals surface area contributed by atoms with Crippen LogP contribution in [0.4, 0.5) is 0 Å². The Kier molecular flexibility index (Phi) is 3.10. The van der Waals surface area contributed by atoms with E-state index in [1.54, 1.807) is 6.07 Å². The van der Waals surface area contributed by atoms with E-state index < -0.39 is 5.60 Å². The number of nitrogens with zero attached hydrogens (tertiary/aromatic N) is 1. The third-order valence-electron chi connectivity index (χ3n) is 3.02. The predicted molar refractivity (Wildman–Crippen MR) is 61.4 cm³/mol. The fraction of sp³-hybridized carbons (Fsp3) is 0.667. The zero-order valence-corrected chi connectivity index (χ0v) is 9.88. The van der Waals surface area contributed by atoms with Crippen LogP contribution in [-0.2, 0) is 16.8 Å².